The van der Waals surface area contributed by atoms with Gasteiger partial charge in [-0.05, 0) is 55.8 Å². The van der Waals surface area contributed by atoms with Crippen molar-refractivity contribution in [2.75, 3.05) is 39.8 Å². The fraction of sp³-hybridized carbons (Fsp3) is 0.407. The van der Waals surface area contributed by atoms with E-state index in [1.807, 2.05) is 47.4 Å². The van der Waals surface area contributed by atoms with Crippen molar-refractivity contribution in [2.24, 2.45) is 0 Å². The number of methoxy groups -OCH3 is 1. The number of carbonyl (C=O) groups excluding carboxylic acids is 1. The zero-order chi connectivity index (χ0) is 23.5. The Kier molecular flexibility index (Phi) is 6.54. The van der Waals surface area contributed by atoms with E-state index in [1.165, 1.54) is 24.8 Å². The van der Waals surface area contributed by atoms with Gasteiger partial charge < -0.3 is 24.4 Å². The summed E-state index contributed by atoms with van der Waals surface area (Å²) in [7, 11) is 1.64. The van der Waals surface area contributed by atoms with Crippen LogP contribution in [0, 0.1) is 5.41 Å². The second-order valence-electron chi connectivity index (χ2n) is 9.40. The van der Waals surface area contributed by atoms with Crippen LogP contribution >= 0.6 is 0 Å². The van der Waals surface area contributed by atoms with Gasteiger partial charge in [0.1, 0.15) is 17.3 Å². The first-order valence-corrected chi connectivity index (χ1v) is 12.2. The highest BCUT2D eigenvalue weighted by molar-refractivity contribution is 6.00. The molecule has 0 aliphatic carbocycles. The Morgan fingerprint density at radius 3 is 2.65 bits per heavy atom. The number of hydrogen-bond acceptors (Lipinski definition) is 4. The van der Waals surface area contributed by atoms with E-state index in [0.29, 0.717) is 31.2 Å². The van der Waals surface area contributed by atoms with Crippen molar-refractivity contribution in [3.05, 3.63) is 65.9 Å². The highest BCUT2D eigenvalue weighted by atomic mass is 16.5. The molecule has 0 radical (unpaired) electrons. The summed E-state index contributed by atoms with van der Waals surface area (Å²) in [5.41, 5.74) is 2.66. The molecular weight excluding hydrogens is 426 g/mol. The lowest BCUT2D eigenvalue weighted by atomic mass is 10.1. The van der Waals surface area contributed by atoms with E-state index >= 15 is 0 Å². The SMILES string of the molecule is COc1ccc2[nH]c(C(=O)N3CC(=N)N(Cc4ccccc4)[C@H](CN4CCCCC4)C3)cc2c1. The summed E-state index contributed by atoms with van der Waals surface area (Å²) in [6.07, 6.45) is 3.74. The molecule has 178 valence electrons. The molecule has 0 unspecified atom stereocenters. The van der Waals surface area contributed by atoms with Crippen LogP contribution in [0.3, 0.4) is 0 Å². The maximum absolute atomic E-state index is 13.5. The van der Waals surface area contributed by atoms with Crippen LogP contribution in [0.15, 0.2) is 54.6 Å². The number of amidine groups is 1. The Labute approximate surface area is 200 Å². The molecule has 0 bridgehead atoms. The van der Waals surface area contributed by atoms with Gasteiger partial charge in [-0.15, -0.1) is 0 Å². The second-order valence-corrected chi connectivity index (χ2v) is 9.40. The van der Waals surface area contributed by atoms with Gasteiger partial charge in [0.25, 0.3) is 5.91 Å². The topological polar surface area (TPSA) is 75.7 Å². The van der Waals surface area contributed by atoms with E-state index in [4.69, 9.17) is 10.1 Å². The standard InChI is InChI=1S/C27H33N5O2/c1-34-23-10-11-24-21(14-23)15-25(29-24)27(33)31-18-22(17-30-12-6-3-7-13-30)32(26(28)19-31)16-20-8-4-2-5-9-20/h2,4-5,8-11,14-15,22,28-29H,3,6-7,12-13,16-19H2,1H3/t22-/m1/s1. The molecule has 3 aromatic rings. The summed E-state index contributed by atoms with van der Waals surface area (Å²) < 4.78 is 5.32. The molecule has 0 saturated carbocycles. The summed E-state index contributed by atoms with van der Waals surface area (Å²) in [6, 6.07) is 18.1. The van der Waals surface area contributed by atoms with Crippen molar-refractivity contribution < 1.29 is 9.53 Å². The largest absolute Gasteiger partial charge is 0.497 e. The zero-order valence-corrected chi connectivity index (χ0v) is 19.8. The van der Waals surface area contributed by atoms with Crippen LogP contribution in [0.25, 0.3) is 10.9 Å². The molecule has 2 aromatic carbocycles. The van der Waals surface area contributed by atoms with E-state index in [1.54, 1.807) is 7.11 Å². The van der Waals surface area contributed by atoms with Gasteiger partial charge in [0, 0.05) is 30.5 Å². The second kappa shape index (κ2) is 9.89. The third kappa shape index (κ3) is 4.80. The molecule has 7 nitrogen and oxygen atoms in total. The highest BCUT2D eigenvalue weighted by Gasteiger charge is 2.34. The van der Waals surface area contributed by atoms with Gasteiger partial charge in [-0.1, -0.05) is 36.8 Å². The number of benzene rings is 2. The molecule has 7 heteroatoms. The van der Waals surface area contributed by atoms with Gasteiger partial charge in [0.15, 0.2) is 0 Å². The molecule has 3 heterocycles. The minimum Gasteiger partial charge on any atom is -0.497 e. The fourth-order valence-electron chi connectivity index (χ4n) is 5.19. The number of aromatic nitrogens is 1. The third-order valence-electron chi connectivity index (χ3n) is 7.02. The van der Waals surface area contributed by atoms with Crippen LogP contribution in [-0.2, 0) is 6.54 Å². The van der Waals surface area contributed by atoms with Gasteiger partial charge in [0.05, 0.1) is 19.7 Å². The molecule has 5 rings (SSSR count). The molecule has 2 fully saturated rings. The number of likely N-dealkylation sites (tertiary alicyclic amines) is 1. The van der Waals surface area contributed by atoms with Gasteiger partial charge >= 0.3 is 0 Å². The number of aromatic amines is 1. The van der Waals surface area contributed by atoms with Crippen molar-refractivity contribution >= 4 is 22.6 Å². The number of amides is 1. The first kappa shape index (κ1) is 22.5. The minimum absolute atomic E-state index is 0.0528. The van der Waals surface area contributed by atoms with Gasteiger partial charge in [-0.25, -0.2) is 0 Å². The Balaban J connectivity index is 1.37. The average molecular weight is 460 g/mol. The smallest absolute Gasteiger partial charge is 0.270 e. The monoisotopic (exact) mass is 459 g/mol. The van der Waals surface area contributed by atoms with Gasteiger partial charge in [-0.2, -0.15) is 0 Å². The summed E-state index contributed by atoms with van der Waals surface area (Å²) in [4.78, 5) is 23.3. The average Bonchev–Trinajstić information content (AvgIpc) is 3.30. The summed E-state index contributed by atoms with van der Waals surface area (Å²) in [5, 5.41) is 9.83. The predicted molar refractivity (Wildman–Crippen MR) is 135 cm³/mol. The molecule has 1 aromatic heterocycles. The number of nitrogens with one attached hydrogen (secondary N) is 2. The summed E-state index contributed by atoms with van der Waals surface area (Å²) >= 11 is 0. The van der Waals surface area contributed by atoms with Crippen LogP contribution in [-0.4, -0.2) is 77.3 Å². The number of H-pyrrole nitrogens is 1. The molecule has 34 heavy (non-hydrogen) atoms. The fourth-order valence-corrected chi connectivity index (χ4v) is 5.19. The molecule has 2 N–H and O–H groups in total. The van der Waals surface area contributed by atoms with Crippen molar-refractivity contribution in [3.8, 4) is 5.75 Å². The number of piperazine rings is 1. The molecule has 2 saturated heterocycles. The van der Waals surface area contributed by atoms with Crippen LogP contribution in [0.4, 0.5) is 0 Å². The van der Waals surface area contributed by atoms with Gasteiger partial charge in [-0.3, -0.25) is 10.2 Å². The van der Waals surface area contributed by atoms with Crippen molar-refractivity contribution in [2.45, 2.75) is 31.8 Å². The third-order valence-corrected chi connectivity index (χ3v) is 7.02. The normalized spacial score (nSPS) is 19.6. The van der Waals surface area contributed by atoms with Crippen LogP contribution in [0.1, 0.15) is 35.3 Å². The van der Waals surface area contributed by atoms with Crippen LogP contribution in [0.2, 0.25) is 0 Å². The molecule has 1 atom stereocenters. The number of ether oxygens (including phenoxy) is 1. The number of piperidine rings is 1. The highest BCUT2D eigenvalue weighted by Crippen LogP contribution is 2.24. The Bertz CT molecular complexity index is 1150. The first-order chi connectivity index (χ1) is 16.6. The molecule has 0 spiro atoms. The quantitative estimate of drug-likeness (QED) is 0.585. The Morgan fingerprint density at radius 1 is 1.09 bits per heavy atom. The van der Waals surface area contributed by atoms with E-state index in [9.17, 15) is 4.79 Å². The lowest BCUT2D eigenvalue weighted by molar-refractivity contribution is 0.0630. The van der Waals surface area contributed by atoms with Crippen molar-refractivity contribution in [1.82, 2.24) is 19.7 Å². The number of carbonyl (C=O) groups is 1. The van der Waals surface area contributed by atoms with E-state index in [0.717, 1.165) is 36.3 Å². The van der Waals surface area contributed by atoms with Crippen molar-refractivity contribution in [3.63, 3.8) is 0 Å². The maximum atomic E-state index is 13.5. The number of hydrogen-bond donors (Lipinski definition) is 2. The number of fused-ring (bicyclic) bond motifs is 1. The summed E-state index contributed by atoms with van der Waals surface area (Å²) in [6.45, 7) is 4.71. The molecule has 1 amide bonds. The molecule has 2 aliphatic heterocycles. The van der Waals surface area contributed by atoms with Crippen LogP contribution < -0.4 is 4.74 Å². The Morgan fingerprint density at radius 2 is 1.88 bits per heavy atom. The Hall–Kier alpha value is -3.32. The lowest BCUT2D eigenvalue weighted by Gasteiger charge is -2.45. The molecule has 2 aliphatic rings. The van der Waals surface area contributed by atoms with Crippen LogP contribution in [0.5, 0.6) is 5.75 Å². The van der Waals surface area contributed by atoms with Gasteiger partial charge in [0.2, 0.25) is 0 Å². The molecular formula is C27H33N5O2. The first-order valence-electron chi connectivity index (χ1n) is 12.2. The van der Waals surface area contributed by atoms with E-state index in [2.05, 4.69) is 26.9 Å². The van der Waals surface area contributed by atoms with E-state index < -0.39 is 0 Å². The number of rotatable bonds is 6. The maximum Gasteiger partial charge on any atom is 0.270 e. The number of nitrogens with zero attached hydrogens (tertiary/aromatic N) is 3. The van der Waals surface area contributed by atoms with Crippen molar-refractivity contribution in [1.29, 1.82) is 5.41 Å². The van der Waals surface area contributed by atoms with E-state index in [-0.39, 0.29) is 11.9 Å². The zero-order valence-electron chi connectivity index (χ0n) is 19.8. The lowest BCUT2D eigenvalue weighted by Crippen LogP contribution is -2.60. The predicted octanol–water partition coefficient (Wildman–Crippen LogP) is 3.97. The summed E-state index contributed by atoms with van der Waals surface area (Å²) in [5.74, 6) is 1.22. The minimum atomic E-state index is -0.0528.